The van der Waals surface area contributed by atoms with E-state index in [1.54, 1.807) is 0 Å². The van der Waals surface area contributed by atoms with Gasteiger partial charge in [0, 0.05) is 12.2 Å². The van der Waals surface area contributed by atoms with E-state index in [9.17, 15) is 4.79 Å². The molecule has 0 unspecified atom stereocenters. The molecule has 11 heavy (non-hydrogen) atoms. The van der Waals surface area contributed by atoms with Crippen molar-refractivity contribution < 1.29 is 4.79 Å². The second kappa shape index (κ2) is 5.72. The normalized spacial score (nSPS) is 10.2. The fraction of sp³-hybridized carbons (Fsp3) is 0.750. The smallest absolute Gasteiger partial charge is 0.193 e. The van der Waals surface area contributed by atoms with Crippen LogP contribution in [0.15, 0.2) is 0 Å². The van der Waals surface area contributed by atoms with Gasteiger partial charge in [0.05, 0.1) is 0 Å². The van der Waals surface area contributed by atoms with Crippen LogP contribution in [-0.4, -0.2) is 15.7 Å². The summed E-state index contributed by atoms with van der Waals surface area (Å²) in [6.45, 7) is 6.01. The molecule has 0 spiro atoms. The summed E-state index contributed by atoms with van der Waals surface area (Å²) in [6.07, 6.45) is 0.451. The Balaban J connectivity index is 3.46. The average molecular weight is 190 g/mol. The van der Waals surface area contributed by atoms with Crippen LogP contribution in [0, 0.1) is 5.92 Å². The van der Waals surface area contributed by atoms with Crippen LogP contribution in [0.1, 0.15) is 27.2 Å². The van der Waals surface area contributed by atoms with Crippen molar-refractivity contribution in [2.45, 2.75) is 27.2 Å². The topological polar surface area (TPSA) is 17.1 Å². The minimum atomic E-state index is 0.200. The Bertz CT molecular complexity index is 152. The van der Waals surface area contributed by atoms with Gasteiger partial charge in [-0.25, -0.2) is 0 Å². The summed E-state index contributed by atoms with van der Waals surface area (Å²) in [6, 6.07) is 0. The first-order chi connectivity index (χ1) is 5.02. The predicted octanol–water partition coefficient (Wildman–Crippen LogP) is 2.68. The maximum atomic E-state index is 11.0. The number of carbonyl (C=O) groups excluding carboxylic acids is 1. The minimum Gasteiger partial charge on any atom is -0.287 e. The third kappa shape index (κ3) is 8.01. The van der Waals surface area contributed by atoms with E-state index in [0.717, 1.165) is 10.6 Å². The lowest BCUT2D eigenvalue weighted by Crippen LogP contribution is -2.01. The lowest BCUT2D eigenvalue weighted by Gasteiger charge is -2.01. The number of thioether (sulfide) groups is 1. The third-order valence-corrected chi connectivity index (χ3v) is 2.41. The number of hydrogen-bond donors (Lipinski definition) is 0. The van der Waals surface area contributed by atoms with E-state index in [1.807, 2.05) is 6.92 Å². The lowest BCUT2D eigenvalue weighted by molar-refractivity contribution is -0.109. The van der Waals surface area contributed by atoms with Crippen molar-refractivity contribution in [1.82, 2.24) is 0 Å². The highest BCUT2D eigenvalue weighted by atomic mass is 32.2. The monoisotopic (exact) mass is 190 g/mol. The van der Waals surface area contributed by atoms with Gasteiger partial charge < -0.3 is 0 Å². The van der Waals surface area contributed by atoms with Crippen LogP contribution < -0.4 is 0 Å². The van der Waals surface area contributed by atoms with Crippen molar-refractivity contribution in [3.8, 4) is 0 Å². The maximum Gasteiger partial charge on any atom is 0.193 e. The summed E-state index contributed by atoms with van der Waals surface area (Å²) in [5.74, 6) is 1.48. The van der Waals surface area contributed by atoms with Gasteiger partial charge in [0.25, 0.3) is 0 Å². The fourth-order valence-corrected chi connectivity index (χ4v) is 1.57. The maximum absolute atomic E-state index is 11.0. The number of rotatable bonds is 4. The number of hydrogen-bond acceptors (Lipinski definition) is 3. The molecule has 0 amide bonds. The van der Waals surface area contributed by atoms with E-state index >= 15 is 0 Å². The van der Waals surface area contributed by atoms with Gasteiger partial charge in [0.2, 0.25) is 0 Å². The van der Waals surface area contributed by atoms with Crippen molar-refractivity contribution in [2.75, 3.05) is 5.75 Å². The van der Waals surface area contributed by atoms with Crippen LogP contribution in [-0.2, 0) is 4.79 Å². The molecule has 0 aliphatic rings. The van der Waals surface area contributed by atoms with Gasteiger partial charge in [0.1, 0.15) is 0 Å². The highest BCUT2D eigenvalue weighted by Crippen LogP contribution is 2.10. The van der Waals surface area contributed by atoms with Crippen molar-refractivity contribution in [2.24, 2.45) is 5.92 Å². The second-order valence-corrected chi connectivity index (χ2v) is 4.73. The average Bonchev–Trinajstić information content (AvgIpc) is 1.82. The Hall–Kier alpha value is 0.110. The van der Waals surface area contributed by atoms with Gasteiger partial charge in [-0.15, -0.1) is 0 Å². The second-order valence-electron chi connectivity index (χ2n) is 2.96. The molecule has 0 radical (unpaired) electrons. The molecular formula is C8H14OS2. The molecule has 0 aromatic carbocycles. The highest BCUT2D eigenvalue weighted by Gasteiger charge is 2.04. The molecule has 0 aromatic heterocycles. The lowest BCUT2D eigenvalue weighted by atomic mass is 10.3. The summed E-state index contributed by atoms with van der Waals surface area (Å²) in [5, 5.41) is 0.200. The van der Waals surface area contributed by atoms with E-state index < -0.39 is 0 Å². The molecular weight excluding hydrogens is 176 g/mol. The molecule has 0 saturated carbocycles. The first-order valence-electron chi connectivity index (χ1n) is 3.67. The summed E-state index contributed by atoms with van der Waals surface area (Å²) >= 11 is 6.20. The molecule has 0 aromatic rings. The van der Waals surface area contributed by atoms with Gasteiger partial charge in [-0.05, 0) is 17.7 Å². The Morgan fingerprint density at radius 2 is 2.09 bits per heavy atom. The van der Waals surface area contributed by atoms with E-state index in [2.05, 4.69) is 13.8 Å². The van der Waals surface area contributed by atoms with Gasteiger partial charge in [0.15, 0.2) is 5.12 Å². The SMILES string of the molecule is CC(=S)CC(=O)SCC(C)C. The van der Waals surface area contributed by atoms with Gasteiger partial charge in [-0.1, -0.05) is 37.8 Å². The summed E-state index contributed by atoms with van der Waals surface area (Å²) < 4.78 is 0. The standard InChI is InChI=1S/C8H14OS2/c1-6(2)5-11-8(9)4-7(3)10/h6H,4-5H2,1-3H3. The van der Waals surface area contributed by atoms with E-state index in [0.29, 0.717) is 12.3 Å². The Morgan fingerprint density at radius 1 is 1.55 bits per heavy atom. The quantitative estimate of drug-likeness (QED) is 0.634. The van der Waals surface area contributed by atoms with Gasteiger partial charge in [-0.3, -0.25) is 4.79 Å². The molecule has 0 bridgehead atoms. The molecule has 1 nitrogen and oxygen atoms in total. The summed E-state index contributed by atoms with van der Waals surface area (Å²) in [4.78, 5) is 11.8. The molecule has 0 atom stereocenters. The van der Waals surface area contributed by atoms with Crippen LogP contribution in [0.3, 0.4) is 0 Å². The Labute approximate surface area is 77.9 Å². The van der Waals surface area contributed by atoms with E-state index in [4.69, 9.17) is 12.2 Å². The third-order valence-electron chi connectivity index (χ3n) is 0.971. The molecule has 3 heteroatoms. The van der Waals surface area contributed by atoms with Crippen LogP contribution in [0.25, 0.3) is 0 Å². The van der Waals surface area contributed by atoms with Gasteiger partial charge in [-0.2, -0.15) is 0 Å². The molecule has 64 valence electrons. The minimum absolute atomic E-state index is 0.200. The predicted molar refractivity (Wildman–Crippen MR) is 55.2 cm³/mol. The fourth-order valence-electron chi connectivity index (χ4n) is 0.514. The van der Waals surface area contributed by atoms with Crippen LogP contribution in [0.5, 0.6) is 0 Å². The zero-order valence-electron chi connectivity index (χ0n) is 7.22. The molecule has 0 saturated heterocycles. The summed E-state index contributed by atoms with van der Waals surface area (Å²) in [5.41, 5.74) is 0. The van der Waals surface area contributed by atoms with E-state index in [-0.39, 0.29) is 5.12 Å². The zero-order chi connectivity index (χ0) is 8.85. The van der Waals surface area contributed by atoms with Gasteiger partial charge >= 0.3 is 0 Å². The van der Waals surface area contributed by atoms with Crippen molar-refractivity contribution in [3.63, 3.8) is 0 Å². The molecule has 0 N–H and O–H groups in total. The van der Waals surface area contributed by atoms with Crippen LogP contribution in [0.2, 0.25) is 0 Å². The van der Waals surface area contributed by atoms with Crippen LogP contribution >= 0.6 is 24.0 Å². The number of thiocarbonyl (C=S) groups is 1. The van der Waals surface area contributed by atoms with Crippen molar-refractivity contribution in [3.05, 3.63) is 0 Å². The molecule has 0 aliphatic heterocycles. The zero-order valence-corrected chi connectivity index (χ0v) is 8.85. The Kier molecular flexibility index (Phi) is 5.78. The molecule has 0 rings (SSSR count). The molecule has 0 heterocycles. The number of carbonyl (C=O) groups is 1. The van der Waals surface area contributed by atoms with Crippen molar-refractivity contribution >= 4 is 34.0 Å². The molecule has 0 aliphatic carbocycles. The van der Waals surface area contributed by atoms with Crippen LogP contribution in [0.4, 0.5) is 0 Å². The first-order valence-corrected chi connectivity index (χ1v) is 5.06. The first kappa shape index (κ1) is 11.1. The summed E-state index contributed by atoms with van der Waals surface area (Å²) in [7, 11) is 0. The van der Waals surface area contributed by atoms with E-state index in [1.165, 1.54) is 11.8 Å². The molecule has 0 fully saturated rings. The highest BCUT2D eigenvalue weighted by molar-refractivity contribution is 8.13. The van der Waals surface area contributed by atoms with Crippen molar-refractivity contribution in [1.29, 1.82) is 0 Å². The largest absolute Gasteiger partial charge is 0.287 e. The Morgan fingerprint density at radius 3 is 2.45 bits per heavy atom.